The van der Waals surface area contributed by atoms with Crippen LogP contribution in [-0.2, 0) is 4.79 Å². The van der Waals surface area contributed by atoms with Gasteiger partial charge in [-0.25, -0.2) is 4.68 Å². The van der Waals surface area contributed by atoms with Crippen molar-refractivity contribution in [2.45, 2.75) is 46.5 Å². The van der Waals surface area contributed by atoms with Crippen molar-refractivity contribution >= 4 is 40.3 Å². The van der Waals surface area contributed by atoms with Gasteiger partial charge in [0.15, 0.2) is 0 Å². The predicted octanol–water partition coefficient (Wildman–Crippen LogP) is 6.97. The number of aryl methyl sites for hydroxylation is 1. The highest BCUT2D eigenvalue weighted by atomic mass is 32.2. The molecule has 0 bridgehead atoms. The van der Waals surface area contributed by atoms with Crippen LogP contribution in [0.3, 0.4) is 0 Å². The van der Waals surface area contributed by atoms with Crippen LogP contribution in [0.5, 0.6) is 0 Å². The van der Waals surface area contributed by atoms with Gasteiger partial charge in [0.1, 0.15) is 10.0 Å². The Morgan fingerprint density at radius 3 is 2.61 bits per heavy atom. The van der Waals surface area contributed by atoms with Crippen LogP contribution in [0.25, 0.3) is 23.0 Å². The Labute approximate surface area is 205 Å². The van der Waals surface area contributed by atoms with E-state index in [4.69, 9.17) is 17.3 Å². The number of thiocarbonyl (C=S) groups is 1. The molecule has 4 rings (SSSR count). The fraction of sp³-hybridized carbons (Fsp3) is 0.296. The average molecular weight is 476 g/mol. The third-order valence-corrected chi connectivity index (χ3v) is 7.22. The van der Waals surface area contributed by atoms with Gasteiger partial charge in [-0.15, -0.1) is 0 Å². The van der Waals surface area contributed by atoms with Crippen molar-refractivity contribution < 1.29 is 4.79 Å². The highest BCUT2D eigenvalue weighted by Crippen LogP contribution is 2.36. The van der Waals surface area contributed by atoms with Gasteiger partial charge in [0, 0.05) is 23.9 Å². The van der Waals surface area contributed by atoms with Gasteiger partial charge in [-0.05, 0) is 54.7 Å². The van der Waals surface area contributed by atoms with Crippen LogP contribution in [0.4, 0.5) is 0 Å². The lowest BCUT2D eigenvalue weighted by atomic mass is 9.95. The first kappa shape index (κ1) is 23.5. The molecular weight excluding hydrogens is 446 g/mol. The van der Waals surface area contributed by atoms with Crippen LogP contribution >= 0.6 is 24.0 Å². The first-order valence-corrected chi connectivity index (χ1v) is 12.6. The summed E-state index contributed by atoms with van der Waals surface area (Å²) in [5.74, 6) is 0.406. The van der Waals surface area contributed by atoms with Crippen molar-refractivity contribution in [1.82, 2.24) is 14.7 Å². The number of unbranched alkanes of at least 4 members (excludes halogenated alkanes) is 1. The second kappa shape index (κ2) is 10.1. The molecule has 1 fully saturated rings. The minimum absolute atomic E-state index is 0.00971. The number of rotatable bonds is 7. The number of amides is 1. The summed E-state index contributed by atoms with van der Waals surface area (Å²) in [4.78, 5) is 15.5. The molecule has 2 aromatic carbocycles. The molecule has 4 nitrogen and oxygen atoms in total. The number of benzene rings is 2. The number of nitrogens with zero attached hydrogens (tertiary/aromatic N) is 3. The quantitative estimate of drug-likeness (QED) is 0.273. The van der Waals surface area contributed by atoms with Crippen molar-refractivity contribution in [3.8, 4) is 16.9 Å². The second-order valence-corrected chi connectivity index (χ2v) is 10.3. The molecular formula is C27H29N3OS2. The monoisotopic (exact) mass is 475 g/mol. The Balaban J connectivity index is 1.82. The standard InChI is InChI=1S/C27H29N3OS2/c1-5-6-14-29-26(31)24(33-27(29)32)16-21-17-30(22-10-8-7-9-11-22)28-25(21)23-15-20(18(2)3)13-12-19(23)4/h7-13,15-18H,5-6,14H2,1-4H3/b24-16+. The molecule has 0 saturated carbocycles. The molecule has 1 aliphatic heterocycles. The Morgan fingerprint density at radius 1 is 1.15 bits per heavy atom. The lowest BCUT2D eigenvalue weighted by Crippen LogP contribution is -2.28. The highest BCUT2D eigenvalue weighted by Gasteiger charge is 2.32. The van der Waals surface area contributed by atoms with Crippen molar-refractivity contribution in [2.75, 3.05) is 6.54 Å². The maximum absolute atomic E-state index is 13.1. The minimum atomic E-state index is -0.00971. The topological polar surface area (TPSA) is 38.1 Å². The van der Waals surface area contributed by atoms with Gasteiger partial charge in [0.25, 0.3) is 5.91 Å². The molecule has 0 aliphatic carbocycles. The number of aromatic nitrogens is 2. The summed E-state index contributed by atoms with van der Waals surface area (Å²) in [5, 5.41) is 4.97. The third kappa shape index (κ3) is 4.97. The van der Waals surface area contributed by atoms with E-state index in [-0.39, 0.29) is 5.91 Å². The molecule has 0 spiro atoms. The van der Waals surface area contributed by atoms with Crippen molar-refractivity contribution in [3.05, 3.63) is 76.3 Å². The van der Waals surface area contributed by atoms with E-state index in [1.807, 2.05) is 47.3 Å². The lowest BCUT2D eigenvalue weighted by molar-refractivity contribution is -0.122. The van der Waals surface area contributed by atoms with Crippen LogP contribution in [0.15, 0.2) is 59.6 Å². The van der Waals surface area contributed by atoms with Gasteiger partial charge in [-0.3, -0.25) is 9.69 Å². The molecule has 33 heavy (non-hydrogen) atoms. The molecule has 6 heteroatoms. The van der Waals surface area contributed by atoms with E-state index in [1.165, 1.54) is 17.3 Å². The van der Waals surface area contributed by atoms with Gasteiger partial charge < -0.3 is 0 Å². The average Bonchev–Trinajstić information content (AvgIpc) is 3.34. The zero-order valence-corrected chi connectivity index (χ0v) is 21.2. The highest BCUT2D eigenvalue weighted by molar-refractivity contribution is 8.26. The summed E-state index contributed by atoms with van der Waals surface area (Å²) in [7, 11) is 0. The molecule has 3 aromatic rings. The molecule has 1 aromatic heterocycles. The summed E-state index contributed by atoms with van der Waals surface area (Å²) in [5.41, 5.74) is 6.27. The van der Waals surface area contributed by atoms with E-state index in [2.05, 4.69) is 45.9 Å². The van der Waals surface area contributed by atoms with E-state index >= 15 is 0 Å². The predicted molar refractivity (Wildman–Crippen MR) is 143 cm³/mol. The molecule has 0 N–H and O–H groups in total. The number of hydrogen-bond acceptors (Lipinski definition) is 4. The zero-order chi connectivity index (χ0) is 23.5. The molecule has 1 amide bonds. The van der Waals surface area contributed by atoms with Crippen molar-refractivity contribution in [3.63, 3.8) is 0 Å². The van der Waals surface area contributed by atoms with Crippen molar-refractivity contribution in [2.24, 2.45) is 0 Å². The molecule has 0 atom stereocenters. The van der Waals surface area contributed by atoms with E-state index in [1.54, 1.807) is 4.90 Å². The third-order valence-electron chi connectivity index (χ3n) is 5.84. The summed E-state index contributed by atoms with van der Waals surface area (Å²) in [6.45, 7) is 9.28. The number of carbonyl (C=O) groups is 1. The molecule has 170 valence electrons. The zero-order valence-electron chi connectivity index (χ0n) is 19.5. The van der Waals surface area contributed by atoms with E-state index in [9.17, 15) is 4.79 Å². The van der Waals surface area contributed by atoms with E-state index < -0.39 is 0 Å². The van der Waals surface area contributed by atoms with Gasteiger partial charge in [0.05, 0.1) is 10.6 Å². The number of para-hydroxylation sites is 1. The fourth-order valence-electron chi connectivity index (χ4n) is 3.82. The number of thioether (sulfide) groups is 1. The summed E-state index contributed by atoms with van der Waals surface area (Å²) >= 11 is 6.89. The van der Waals surface area contributed by atoms with Gasteiger partial charge in [-0.1, -0.05) is 81.5 Å². The van der Waals surface area contributed by atoms with Crippen LogP contribution in [-0.4, -0.2) is 31.5 Å². The molecule has 1 saturated heterocycles. The SMILES string of the molecule is CCCCN1C(=O)/C(=C\c2cn(-c3ccccc3)nc2-c2cc(C(C)C)ccc2C)SC1=S. The van der Waals surface area contributed by atoms with Crippen LogP contribution in [0.2, 0.25) is 0 Å². The Hall–Kier alpha value is -2.70. The maximum Gasteiger partial charge on any atom is 0.266 e. The maximum atomic E-state index is 13.1. The number of carbonyl (C=O) groups excluding carboxylic acids is 1. The second-order valence-electron chi connectivity index (χ2n) is 8.63. The van der Waals surface area contributed by atoms with Gasteiger partial charge >= 0.3 is 0 Å². The summed E-state index contributed by atoms with van der Waals surface area (Å²) < 4.78 is 2.52. The molecule has 2 heterocycles. The first-order valence-electron chi connectivity index (χ1n) is 11.4. The lowest BCUT2D eigenvalue weighted by Gasteiger charge is -2.13. The Morgan fingerprint density at radius 2 is 1.91 bits per heavy atom. The van der Waals surface area contributed by atoms with Gasteiger partial charge in [-0.2, -0.15) is 5.10 Å². The Kier molecular flexibility index (Phi) is 7.15. The van der Waals surface area contributed by atoms with Crippen molar-refractivity contribution in [1.29, 1.82) is 0 Å². The molecule has 0 radical (unpaired) electrons. The van der Waals surface area contributed by atoms with E-state index in [0.717, 1.165) is 40.9 Å². The fourth-order valence-corrected chi connectivity index (χ4v) is 5.12. The Bertz CT molecular complexity index is 1210. The minimum Gasteiger partial charge on any atom is -0.293 e. The first-order chi connectivity index (χ1) is 15.9. The largest absolute Gasteiger partial charge is 0.293 e. The molecule has 1 aliphatic rings. The number of hydrogen-bond donors (Lipinski definition) is 0. The smallest absolute Gasteiger partial charge is 0.266 e. The van der Waals surface area contributed by atoms with Gasteiger partial charge in [0.2, 0.25) is 0 Å². The van der Waals surface area contributed by atoms with E-state index in [0.29, 0.717) is 21.7 Å². The van der Waals surface area contributed by atoms with Crippen LogP contribution < -0.4 is 0 Å². The summed E-state index contributed by atoms with van der Waals surface area (Å²) in [6, 6.07) is 16.6. The normalized spacial score (nSPS) is 15.3. The van der Waals surface area contributed by atoms with Crippen LogP contribution in [0, 0.1) is 6.92 Å². The summed E-state index contributed by atoms with van der Waals surface area (Å²) in [6.07, 6.45) is 5.92. The van der Waals surface area contributed by atoms with Crippen LogP contribution in [0.1, 0.15) is 56.2 Å². The molecule has 0 unspecified atom stereocenters.